The Balaban J connectivity index is 1.63. The zero-order valence-corrected chi connectivity index (χ0v) is 19.3. The highest BCUT2D eigenvalue weighted by Crippen LogP contribution is 2.41. The number of methoxy groups -OCH3 is 1. The minimum atomic E-state index is -0.0513. The van der Waals surface area contributed by atoms with E-state index in [2.05, 4.69) is 52.2 Å². The third kappa shape index (κ3) is 3.85. The van der Waals surface area contributed by atoms with Crippen LogP contribution in [0.1, 0.15) is 30.5 Å². The second-order valence-corrected chi connectivity index (χ2v) is 9.80. The van der Waals surface area contributed by atoms with Crippen LogP contribution in [0.4, 0.5) is 0 Å². The number of fused-ring (bicyclic) bond motifs is 1. The molecule has 0 atom stereocenters. The molecule has 0 unspecified atom stereocenters. The van der Waals surface area contributed by atoms with Gasteiger partial charge in [0.1, 0.15) is 5.75 Å². The lowest BCUT2D eigenvalue weighted by Gasteiger charge is -2.23. The van der Waals surface area contributed by atoms with Crippen LogP contribution in [0.15, 0.2) is 51.3 Å². The molecule has 2 aliphatic rings. The Morgan fingerprint density at radius 3 is 2.86 bits per heavy atom. The first-order chi connectivity index (χ1) is 13.4. The van der Waals surface area contributed by atoms with Gasteiger partial charge >= 0.3 is 0 Å². The summed E-state index contributed by atoms with van der Waals surface area (Å²) in [5, 5.41) is 4.09. The van der Waals surface area contributed by atoms with Crippen LogP contribution >= 0.6 is 39.3 Å². The summed E-state index contributed by atoms with van der Waals surface area (Å²) in [6.45, 7) is 5.25. The van der Waals surface area contributed by atoms with Crippen molar-refractivity contribution in [2.24, 2.45) is 4.99 Å². The molecule has 4 rings (SSSR count). The fraction of sp³-hybridized carbons (Fsp3) is 0.318. The average Bonchev–Trinajstić information content (AvgIpc) is 3.15. The van der Waals surface area contributed by atoms with E-state index in [4.69, 9.17) is 21.3 Å². The molecular weight excluding hydrogens is 456 g/mol. The molecule has 0 amide bonds. The molecule has 0 saturated carbocycles. The summed E-state index contributed by atoms with van der Waals surface area (Å²) in [6.07, 6.45) is 1.69. The normalized spacial score (nSPS) is 17.4. The average molecular weight is 478 g/mol. The van der Waals surface area contributed by atoms with Crippen LogP contribution in [-0.4, -0.2) is 29.3 Å². The predicted octanol–water partition coefficient (Wildman–Crippen LogP) is 6.39. The predicted molar refractivity (Wildman–Crippen MR) is 123 cm³/mol. The first-order valence-corrected chi connectivity index (χ1v) is 11.3. The van der Waals surface area contributed by atoms with Gasteiger partial charge in [-0.25, -0.2) is 0 Å². The Bertz CT molecular complexity index is 986. The molecule has 3 nitrogen and oxygen atoms in total. The number of aliphatic imine (C=N–C) groups is 1. The summed E-state index contributed by atoms with van der Waals surface area (Å²) in [4.78, 5) is 7.15. The quantitative estimate of drug-likeness (QED) is 0.498. The van der Waals surface area contributed by atoms with Gasteiger partial charge in [0.2, 0.25) is 0 Å². The van der Waals surface area contributed by atoms with E-state index < -0.39 is 0 Å². The standard InChI is InChI=1S/C22H22BrClN2OS/c1-22(2)13-26-19(12-28-21(26)25-22)17-5-4-6-18(24)16(17)9-7-14-11-15(23)8-10-20(14)27-3/h4-6,8,10-12H,7,9,13H2,1-3H3. The third-order valence-electron chi connectivity index (χ3n) is 5.02. The lowest BCUT2D eigenvalue weighted by molar-refractivity contribution is 0.409. The number of nitrogens with zero attached hydrogens (tertiary/aromatic N) is 2. The second kappa shape index (κ2) is 7.77. The Morgan fingerprint density at radius 1 is 1.25 bits per heavy atom. The number of hydrogen-bond acceptors (Lipinski definition) is 4. The van der Waals surface area contributed by atoms with E-state index in [1.54, 1.807) is 18.9 Å². The topological polar surface area (TPSA) is 24.8 Å². The maximum atomic E-state index is 6.65. The van der Waals surface area contributed by atoms with E-state index in [1.807, 2.05) is 24.3 Å². The van der Waals surface area contributed by atoms with Crippen LogP contribution in [0.5, 0.6) is 5.75 Å². The molecule has 0 spiro atoms. The lowest BCUT2D eigenvalue weighted by Crippen LogP contribution is -2.28. The number of hydrogen-bond donors (Lipinski definition) is 0. The summed E-state index contributed by atoms with van der Waals surface area (Å²) >= 11 is 11.9. The molecule has 2 heterocycles. The minimum absolute atomic E-state index is 0.0513. The summed E-state index contributed by atoms with van der Waals surface area (Å²) in [7, 11) is 1.71. The monoisotopic (exact) mass is 476 g/mol. The number of thioether (sulfide) groups is 1. The summed E-state index contributed by atoms with van der Waals surface area (Å²) in [5.41, 5.74) is 4.68. The van der Waals surface area contributed by atoms with Crippen molar-refractivity contribution in [1.82, 2.24) is 4.90 Å². The molecule has 0 saturated heterocycles. The molecule has 0 aromatic heterocycles. The molecule has 2 aromatic carbocycles. The summed E-state index contributed by atoms with van der Waals surface area (Å²) < 4.78 is 6.59. The van der Waals surface area contributed by atoms with Crippen molar-refractivity contribution in [1.29, 1.82) is 0 Å². The zero-order valence-electron chi connectivity index (χ0n) is 16.1. The highest BCUT2D eigenvalue weighted by Gasteiger charge is 2.37. The van der Waals surface area contributed by atoms with Crippen LogP contribution in [0.2, 0.25) is 5.02 Å². The Morgan fingerprint density at radius 2 is 2.07 bits per heavy atom. The van der Waals surface area contributed by atoms with E-state index in [0.29, 0.717) is 0 Å². The van der Waals surface area contributed by atoms with Gasteiger partial charge in [0, 0.05) is 27.0 Å². The second-order valence-electron chi connectivity index (χ2n) is 7.64. The zero-order chi connectivity index (χ0) is 19.9. The highest BCUT2D eigenvalue weighted by atomic mass is 79.9. The summed E-state index contributed by atoms with van der Waals surface area (Å²) in [6, 6.07) is 12.3. The SMILES string of the molecule is COc1ccc(Br)cc1CCc1c(Cl)cccc1C1=CSC2=NC(C)(C)CN12. The van der Waals surface area contributed by atoms with E-state index in [1.165, 1.54) is 22.4 Å². The molecule has 0 fully saturated rings. The van der Waals surface area contributed by atoms with Gasteiger partial charge in [0.25, 0.3) is 0 Å². The van der Waals surface area contributed by atoms with Crippen LogP contribution in [0.25, 0.3) is 5.70 Å². The minimum Gasteiger partial charge on any atom is -0.496 e. The van der Waals surface area contributed by atoms with Gasteiger partial charge in [-0.05, 0) is 62.1 Å². The van der Waals surface area contributed by atoms with E-state index in [9.17, 15) is 0 Å². The number of amidine groups is 1. The molecule has 0 aliphatic carbocycles. The number of halogens is 2. The fourth-order valence-corrected chi connectivity index (χ4v) is 5.46. The van der Waals surface area contributed by atoms with Gasteiger partial charge in [-0.2, -0.15) is 0 Å². The Kier molecular flexibility index (Phi) is 5.51. The lowest BCUT2D eigenvalue weighted by atomic mass is 9.97. The molecule has 2 aromatic rings. The summed E-state index contributed by atoms with van der Waals surface area (Å²) in [5.74, 6) is 0.906. The van der Waals surface area contributed by atoms with Gasteiger partial charge < -0.3 is 9.64 Å². The smallest absolute Gasteiger partial charge is 0.168 e. The molecule has 0 radical (unpaired) electrons. The van der Waals surface area contributed by atoms with Crippen LogP contribution < -0.4 is 4.74 Å². The van der Waals surface area contributed by atoms with Crippen molar-refractivity contribution < 1.29 is 4.74 Å². The van der Waals surface area contributed by atoms with Crippen LogP contribution in [0, 0.1) is 0 Å². The first kappa shape index (κ1) is 19.9. The van der Waals surface area contributed by atoms with Gasteiger partial charge in [-0.3, -0.25) is 4.99 Å². The van der Waals surface area contributed by atoms with Crippen molar-refractivity contribution >= 4 is 50.2 Å². The van der Waals surface area contributed by atoms with Gasteiger partial charge in [0.05, 0.1) is 18.3 Å². The van der Waals surface area contributed by atoms with E-state index >= 15 is 0 Å². The number of benzene rings is 2. The maximum Gasteiger partial charge on any atom is 0.168 e. The van der Waals surface area contributed by atoms with Gasteiger partial charge in [-0.15, -0.1) is 0 Å². The molecule has 0 bridgehead atoms. The maximum absolute atomic E-state index is 6.65. The van der Waals surface area contributed by atoms with E-state index in [0.717, 1.165) is 39.8 Å². The number of ether oxygens (including phenoxy) is 1. The van der Waals surface area contributed by atoms with Gasteiger partial charge in [0.15, 0.2) is 5.17 Å². The van der Waals surface area contributed by atoms with Crippen LogP contribution in [0.3, 0.4) is 0 Å². The van der Waals surface area contributed by atoms with Crippen molar-refractivity contribution in [2.75, 3.05) is 13.7 Å². The number of rotatable bonds is 5. The largest absolute Gasteiger partial charge is 0.496 e. The van der Waals surface area contributed by atoms with Crippen LogP contribution in [-0.2, 0) is 12.8 Å². The molecule has 0 N–H and O–H groups in total. The molecule has 146 valence electrons. The van der Waals surface area contributed by atoms with Gasteiger partial charge in [-0.1, -0.05) is 51.4 Å². The fourth-order valence-electron chi connectivity index (χ4n) is 3.72. The molecular formula is C22H22BrClN2OS. The molecule has 28 heavy (non-hydrogen) atoms. The van der Waals surface area contributed by atoms with E-state index in [-0.39, 0.29) is 5.54 Å². The van der Waals surface area contributed by atoms with Crippen molar-refractivity contribution in [3.05, 3.63) is 68.0 Å². The highest BCUT2D eigenvalue weighted by molar-refractivity contribution is 9.10. The Hall–Kier alpha value is -1.43. The van der Waals surface area contributed by atoms with Crippen molar-refractivity contribution in [3.8, 4) is 5.75 Å². The molecule has 2 aliphatic heterocycles. The van der Waals surface area contributed by atoms with Crippen molar-refractivity contribution in [3.63, 3.8) is 0 Å². The first-order valence-electron chi connectivity index (χ1n) is 9.22. The van der Waals surface area contributed by atoms with Crippen molar-refractivity contribution in [2.45, 2.75) is 32.2 Å². The number of aryl methyl sites for hydroxylation is 1. The Labute approximate surface area is 183 Å². The third-order valence-corrected chi connectivity index (χ3v) is 6.73. The molecule has 6 heteroatoms.